The second kappa shape index (κ2) is 6.19. The molecule has 17 heavy (non-hydrogen) atoms. The Bertz CT molecular complexity index is 229. The van der Waals surface area contributed by atoms with E-state index >= 15 is 0 Å². The molecule has 2 nitrogen and oxygen atoms in total. The van der Waals surface area contributed by atoms with Crippen molar-refractivity contribution in [2.45, 2.75) is 83.4 Å². The van der Waals surface area contributed by atoms with Crippen molar-refractivity contribution >= 4 is 0 Å². The Morgan fingerprint density at radius 2 is 1.47 bits per heavy atom. The lowest BCUT2D eigenvalue weighted by atomic mass is 9.77. The average molecular weight is 239 g/mol. The zero-order valence-electron chi connectivity index (χ0n) is 11.5. The summed E-state index contributed by atoms with van der Waals surface area (Å²) >= 11 is 0. The molecule has 0 saturated heterocycles. The van der Waals surface area contributed by atoms with E-state index in [0.717, 1.165) is 18.3 Å². The molecule has 4 atom stereocenters. The van der Waals surface area contributed by atoms with Gasteiger partial charge in [-0.15, -0.1) is 0 Å². The Hall–Kier alpha value is -0.0800. The molecule has 100 valence electrons. The van der Waals surface area contributed by atoms with E-state index in [-0.39, 0.29) is 6.10 Å². The van der Waals surface area contributed by atoms with Crippen LogP contribution in [0.25, 0.3) is 0 Å². The highest BCUT2D eigenvalue weighted by molar-refractivity contribution is 4.89. The third kappa shape index (κ3) is 3.45. The van der Waals surface area contributed by atoms with Gasteiger partial charge in [-0.05, 0) is 37.5 Å². The standard InChI is InChI=1S/C15H29NO/c1-11(2)12-7-3-4-8-13(12)16-14-9-5-6-10-15(14)17/h11-17H,3-10H2,1-2H3/t12?,13?,14-,15-/m0/s1. The van der Waals surface area contributed by atoms with Crippen LogP contribution in [0, 0.1) is 11.8 Å². The Labute approximate surface area is 106 Å². The molecule has 0 aliphatic heterocycles. The van der Waals surface area contributed by atoms with Crippen molar-refractivity contribution in [3.8, 4) is 0 Å². The molecule has 0 aromatic rings. The van der Waals surface area contributed by atoms with Gasteiger partial charge in [-0.1, -0.05) is 39.5 Å². The molecule has 0 bridgehead atoms. The predicted molar refractivity (Wildman–Crippen MR) is 72.0 cm³/mol. The quantitative estimate of drug-likeness (QED) is 0.793. The van der Waals surface area contributed by atoms with E-state index in [0.29, 0.717) is 12.1 Å². The van der Waals surface area contributed by atoms with Crippen molar-refractivity contribution in [3.05, 3.63) is 0 Å². The minimum Gasteiger partial charge on any atom is -0.392 e. The maximum absolute atomic E-state index is 10.1. The zero-order chi connectivity index (χ0) is 12.3. The summed E-state index contributed by atoms with van der Waals surface area (Å²) in [4.78, 5) is 0. The van der Waals surface area contributed by atoms with E-state index < -0.39 is 0 Å². The van der Waals surface area contributed by atoms with E-state index in [1.807, 2.05) is 0 Å². The van der Waals surface area contributed by atoms with Gasteiger partial charge in [-0.3, -0.25) is 0 Å². The molecule has 0 radical (unpaired) electrons. The second-order valence-electron chi connectivity index (χ2n) is 6.42. The van der Waals surface area contributed by atoms with Crippen LogP contribution in [0.3, 0.4) is 0 Å². The zero-order valence-corrected chi connectivity index (χ0v) is 11.5. The maximum Gasteiger partial charge on any atom is 0.0693 e. The summed E-state index contributed by atoms with van der Waals surface area (Å²) in [5.41, 5.74) is 0. The first-order valence-corrected chi connectivity index (χ1v) is 7.62. The molecule has 2 unspecified atom stereocenters. The van der Waals surface area contributed by atoms with Gasteiger partial charge < -0.3 is 10.4 Å². The fourth-order valence-corrected chi connectivity index (χ4v) is 3.75. The Balaban J connectivity index is 1.90. The van der Waals surface area contributed by atoms with E-state index in [2.05, 4.69) is 19.2 Å². The largest absolute Gasteiger partial charge is 0.392 e. The van der Waals surface area contributed by atoms with Crippen molar-refractivity contribution in [1.29, 1.82) is 0 Å². The van der Waals surface area contributed by atoms with Gasteiger partial charge in [0.1, 0.15) is 0 Å². The van der Waals surface area contributed by atoms with Crippen LogP contribution >= 0.6 is 0 Å². The molecule has 2 N–H and O–H groups in total. The van der Waals surface area contributed by atoms with Crippen molar-refractivity contribution in [1.82, 2.24) is 5.32 Å². The first-order chi connectivity index (χ1) is 8.18. The number of aliphatic hydroxyl groups is 1. The smallest absolute Gasteiger partial charge is 0.0693 e. The number of nitrogens with one attached hydrogen (secondary N) is 1. The van der Waals surface area contributed by atoms with Crippen molar-refractivity contribution in [3.63, 3.8) is 0 Å². The van der Waals surface area contributed by atoms with Crippen LogP contribution in [0.15, 0.2) is 0 Å². The van der Waals surface area contributed by atoms with Crippen LogP contribution in [0.4, 0.5) is 0 Å². The minimum atomic E-state index is -0.0986. The SMILES string of the molecule is CC(C)C1CCCCC1N[C@H]1CCCC[C@@H]1O. The molecular weight excluding hydrogens is 210 g/mol. The fourth-order valence-electron chi connectivity index (χ4n) is 3.75. The number of hydrogen-bond donors (Lipinski definition) is 2. The molecular formula is C15H29NO. The molecule has 0 aromatic heterocycles. The molecule has 0 amide bonds. The van der Waals surface area contributed by atoms with Gasteiger partial charge in [-0.2, -0.15) is 0 Å². The summed E-state index contributed by atoms with van der Waals surface area (Å²) < 4.78 is 0. The van der Waals surface area contributed by atoms with Crippen LogP contribution in [0.5, 0.6) is 0 Å². The number of aliphatic hydroxyl groups excluding tert-OH is 1. The van der Waals surface area contributed by atoms with Gasteiger partial charge in [0.15, 0.2) is 0 Å². The Morgan fingerprint density at radius 1 is 0.882 bits per heavy atom. The number of rotatable bonds is 3. The normalized spacial score (nSPS) is 39.5. The highest BCUT2D eigenvalue weighted by Gasteiger charge is 2.31. The lowest BCUT2D eigenvalue weighted by Crippen LogP contribution is -2.51. The van der Waals surface area contributed by atoms with Gasteiger partial charge in [0.25, 0.3) is 0 Å². The average Bonchev–Trinajstić information content (AvgIpc) is 2.32. The summed E-state index contributed by atoms with van der Waals surface area (Å²) in [5.74, 6) is 1.59. The van der Waals surface area contributed by atoms with E-state index in [1.54, 1.807) is 0 Å². The predicted octanol–water partition coefficient (Wildman–Crippen LogP) is 3.09. The van der Waals surface area contributed by atoms with Gasteiger partial charge in [0.2, 0.25) is 0 Å². The van der Waals surface area contributed by atoms with E-state index in [1.165, 1.54) is 44.9 Å². The van der Waals surface area contributed by atoms with Gasteiger partial charge in [0, 0.05) is 12.1 Å². The Kier molecular flexibility index (Phi) is 4.87. The summed E-state index contributed by atoms with van der Waals surface area (Å²) in [6.45, 7) is 4.70. The summed E-state index contributed by atoms with van der Waals surface area (Å²) in [5, 5.41) is 13.9. The maximum atomic E-state index is 10.1. The molecule has 2 rings (SSSR count). The summed E-state index contributed by atoms with van der Waals surface area (Å²) in [6, 6.07) is 1.02. The molecule has 2 saturated carbocycles. The second-order valence-corrected chi connectivity index (χ2v) is 6.42. The molecule has 2 aliphatic rings. The molecule has 2 fully saturated rings. The summed E-state index contributed by atoms with van der Waals surface area (Å²) in [6.07, 6.45) is 10.0. The topological polar surface area (TPSA) is 32.3 Å². The molecule has 2 heteroatoms. The third-order valence-electron chi connectivity index (χ3n) is 4.83. The van der Waals surface area contributed by atoms with Crippen molar-refractivity contribution in [2.24, 2.45) is 11.8 Å². The Morgan fingerprint density at radius 3 is 2.12 bits per heavy atom. The highest BCUT2D eigenvalue weighted by atomic mass is 16.3. The fraction of sp³-hybridized carbons (Fsp3) is 1.00. The van der Waals surface area contributed by atoms with Gasteiger partial charge >= 0.3 is 0 Å². The van der Waals surface area contributed by atoms with Crippen LogP contribution in [-0.4, -0.2) is 23.3 Å². The molecule has 0 heterocycles. The lowest BCUT2D eigenvalue weighted by Gasteiger charge is -2.40. The summed E-state index contributed by atoms with van der Waals surface area (Å²) in [7, 11) is 0. The van der Waals surface area contributed by atoms with Gasteiger partial charge in [0.05, 0.1) is 6.10 Å². The van der Waals surface area contributed by atoms with Crippen molar-refractivity contribution in [2.75, 3.05) is 0 Å². The van der Waals surface area contributed by atoms with Crippen LogP contribution < -0.4 is 5.32 Å². The van der Waals surface area contributed by atoms with Crippen molar-refractivity contribution < 1.29 is 5.11 Å². The van der Waals surface area contributed by atoms with Crippen LogP contribution in [0.1, 0.15) is 65.2 Å². The van der Waals surface area contributed by atoms with E-state index in [9.17, 15) is 5.11 Å². The lowest BCUT2D eigenvalue weighted by molar-refractivity contribution is 0.0694. The number of hydrogen-bond acceptors (Lipinski definition) is 2. The van der Waals surface area contributed by atoms with Gasteiger partial charge in [-0.25, -0.2) is 0 Å². The first-order valence-electron chi connectivity index (χ1n) is 7.62. The van der Waals surface area contributed by atoms with Crippen LogP contribution in [-0.2, 0) is 0 Å². The van der Waals surface area contributed by atoms with E-state index in [4.69, 9.17) is 0 Å². The minimum absolute atomic E-state index is 0.0986. The third-order valence-corrected chi connectivity index (χ3v) is 4.83. The van der Waals surface area contributed by atoms with Crippen LogP contribution in [0.2, 0.25) is 0 Å². The highest BCUT2D eigenvalue weighted by Crippen LogP contribution is 2.31. The molecule has 0 spiro atoms. The molecule has 2 aliphatic carbocycles. The monoisotopic (exact) mass is 239 g/mol. The molecule has 0 aromatic carbocycles. The first kappa shape index (κ1) is 13.4.